The Morgan fingerprint density at radius 3 is 1.19 bits per heavy atom. The van der Waals surface area contributed by atoms with E-state index < -0.39 is 0 Å². The van der Waals surface area contributed by atoms with E-state index >= 15 is 0 Å². The van der Waals surface area contributed by atoms with Crippen LogP contribution in [0.5, 0.6) is 0 Å². The Morgan fingerprint density at radius 2 is 0.812 bits per heavy atom. The molecule has 0 aromatic rings. The molecule has 0 atom stereocenters. The average molecular weight is 306 g/mol. The molecule has 0 aromatic carbocycles. The fourth-order valence-corrected chi connectivity index (χ4v) is 1.67. The van der Waals surface area contributed by atoms with Crippen LogP contribution in [0.3, 0.4) is 0 Å². The maximum absolute atomic E-state index is 2.27. The Balaban J connectivity index is 0.000000267. The Labute approximate surface area is 116 Å². The molecular weight excluding hydrogens is 283 g/mol. The summed E-state index contributed by atoms with van der Waals surface area (Å²) in [5.74, 6) is 0. The summed E-state index contributed by atoms with van der Waals surface area (Å²) in [5, 5.41) is 0. The third kappa shape index (κ3) is 11.1. The van der Waals surface area contributed by atoms with Gasteiger partial charge in [-0.2, -0.15) is 0 Å². The standard InChI is InChI=1S/C8H12.C7H11.Rh/c1-2-4-6-8-7-5-3-1;1-2-4-6-7-5-3-1;/h1-2,7-8H,3-6H2;1-3H,4-7H2;. The van der Waals surface area contributed by atoms with Gasteiger partial charge in [-0.05, 0) is 83.5 Å². The summed E-state index contributed by atoms with van der Waals surface area (Å²) in [6.07, 6.45) is 26.0. The van der Waals surface area contributed by atoms with Gasteiger partial charge in [0.15, 0.2) is 0 Å². The van der Waals surface area contributed by atoms with E-state index in [-0.39, 0.29) is 19.5 Å². The molecule has 0 saturated heterocycles. The van der Waals surface area contributed by atoms with Crippen molar-refractivity contribution in [2.24, 2.45) is 0 Å². The van der Waals surface area contributed by atoms with Crippen LogP contribution in [-0.4, -0.2) is 0 Å². The van der Waals surface area contributed by atoms with Crippen LogP contribution in [0.15, 0.2) is 0 Å². The summed E-state index contributed by atoms with van der Waals surface area (Å²) in [4.78, 5) is 0. The van der Waals surface area contributed by atoms with Gasteiger partial charge in [-0.25, -0.2) is 0 Å². The van der Waals surface area contributed by atoms with E-state index in [0.717, 1.165) is 0 Å². The summed E-state index contributed by atoms with van der Waals surface area (Å²) in [6.45, 7) is 0. The van der Waals surface area contributed by atoms with Gasteiger partial charge in [-0.15, -0.1) is 0 Å². The molecule has 0 aliphatic heterocycles. The van der Waals surface area contributed by atoms with E-state index in [0.29, 0.717) is 0 Å². The minimum Gasteiger partial charge on any atom is -0.0530 e. The molecule has 16 heavy (non-hydrogen) atoms. The summed E-state index contributed by atoms with van der Waals surface area (Å²) in [6, 6.07) is 0. The van der Waals surface area contributed by atoms with Crippen LogP contribution < -0.4 is 0 Å². The largest absolute Gasteiger partial charge is 0.0530 e. The van der Waals surface area contributed by atoms with Gasteiger partial charge < -0.3 is 0 Å². The van der Waals surface area contributed by atoms with Gasteiger partial charge >= 0.3 is 0 Å². The summed E-state index contributed by atoms with van der Waals surface area (Å²) >= 11 is 0. The van der Waals surface area contributed by atoms with Crippen LogP contribution in [0.4, 0.5) is 0 Å². The van der Waals surface area contributed by atoms with Crippen molar-refractivity contribution in [1.29, 1.82) is 0 Å². The van der Waals surface area contributed by atoms with Crippen molar-refractivity contribution in [3.05, 3.63) is 44.9 Å². The minimum absolute atomic E-state index is 0. The molecule has 0 aromatic heterocycles. The fourth-order valence-electron chi connectivity index (χ4n) is 1.67. The summed E-state index contributed by atoms with van der Waals surface area (Å²) in [5.41, 5.74) is 0. The smallest absolute Gasteiger partial charge is 0 e. The predicted octanol–water partition coefficient (Wildman–Crippen LogP) is 4.55. The zero-order chi connectivity index (χ0) is 10.6. The molecule has 2 fully saturated rings. The van der Waals surface area contributed by atoms with Gasteiger partial charge in [0.25, 0.3) is 0 Å². The van der Waals surface area contributed by atoms with Crippen LogP contribution in [0.25, 0.3) is 0 Å². The van der Waals surface area contributed by atoms with Crippen molar-refractivity contribution >= 4 is 0 Å². The maximum atomic E-state index is 2.27. The summed E-state index contributed by atoms with van der Waals surface area (Å²) in [7, 11) is 0. The van der Waals surface area contributed by atoms with Crippen LogP contribution in [0.2, 0.25) is 0 Å². The van der Waals surface area contributed by atoms with Crippen molar-refractivity contribution < 1.29 is 19.5 Å². The SMILES string of the molecule is [CH]1[CH]CCCC[CH]1.[CH]1[CH]CC[CH][CH]CC1.[Rh]. The monoisotopic (exact) mass is 306 g/mol. The topological polar surface area (TPSA) is 0 Å². The van der Waals surface area contributed by atoms with Crippen molar-refractivity contribution in [3.63, 3.8) is 0 Å². The van der Waals surface area contributed by atoms with Crippen LogP contribution in [0.1, 0.15) is 51.4 Å². The van der Waals surface area contributed by atoms with E-state index in [1.54, 1.807) is 0 Å². The van der Waals surface area contributed by atoms with Gasteiger partial charge in [0, 0.05) is 19.5 Å². The molecule has 92 valence electrons. The second kappa shape index (κ2) is 13.7. The molecule has 2 saturated carbocycles. The van der Waals surface area contributed by atoms with E-state index in [1.165, 1.54) is 51.4 Å². The zero-order valence-electron chi connectivity index (χ0n) is 10.0. The normalized spacial score (nSPS) is 22.5. The molecule has 2 rings (SSSR count). The number of hydrogen-bond donors (Lipinski definition) is 0. The first-order valence-corrected chi connectivity index (χ1v) is 6.28. The molecule has 8 radical (unpaired) electrons. The van der Waals surface area contributed by atoms with E-state index in [4.69, 9.17) is 0 Å². The maximum Gasteiger partial charge on any atom is 0 e. The van der Waals surface area contributed by atoms with E-state index in [1.807, 2.05) is 0 Å². The Bertz CT molecular complexity index is 79.0. The third-order valence-corrected chi connectivity index (χ3v) is 2.60. The molecule has 0 heterocycles. The van der Waals surface area contributed by atoms with Gasteiger partial charge in [0.2, 0.25) is 0 Å². The quantitative estimate of drug-likeness (QED) is 0.455. The third-order valence-electron chi connectivity index (χ3n) is 2.60. The predicted molar refractivity (Wildman–Crippen MR) is 67.0 cm³/mol. The fraction of sp³-hybridized carbons (Fsp3) is 0.533. The molecule has 1 heteroatoms. The number of hydrogen-bond acceptors (Lipinski definition) is 0. The molecule has 0 spiro atoms. The first-order chi connectivity index (χ1) is 7.50. The van der Waals surface area contributed by atoms with Crippen LogP contribution in [0, 0.1) is 44.9 Å². The summed E-state index contributed by atoms with van der Waals surface area (Å²) < 4.78 is 0. The van der Waals surface area contributed by atoms with Gasteiger partial charge in [-0.1, -0.05) is 12.8 Å². The van der Waals surface area contributed by atoms with Crippen molar-refractivity contribution in [2.75, 3.05) is 0 Å². The van der Waals surface area contributed by atoms with Crippen LogP contribution in [-0.2, 0) is 19.5 Å². The van der Waals surface area contributed by atoms with Gasteiger partial charge in [-0.3, -0.25) is 0 Å². The molecule has 0 unspecified atom stereocenters. The van der Waals surface area contributed by atoms with E-state index in [2.05, 4.69) is 44.9 Å². The van der Waals surface area contributed by atoms with Crippen molar-refractivity contribution in [3.8, 4) is 0 Å². The molecule has 0 N–H and O–H groups in total. The Hall–Kier alpha value is 0.623. The minimum atomic E-state index is 0. The number of rotatable bonds is 0. The molecule has 0 nitrogen and oxygen atoms in total. The Kier molecular flexibility index (Phi) is 14.2. The molecule has 2 aliphatic rings. The van der Waals surface area contributed by atoms with Crippen molar-refractivity contribution in [2.45, 2.75) is 51.4 Å². The second-order valence-electron chi connectivity index (χ2n) is 4.05. The zero-order valence-corrected chi connectivity index (χ0v) is 11.7. The molecule has 0 amide bonds. The van der Waals surface area contributed by atoms with E-state index in [9.17, 15) is 0 Å². The Morgan fingerprint density at radius 1 is 0.438 bits per heavy atom. The average Bonchev–Trinajstić information content (AvgIpc) is 2.48. The molecule has 0 bridgehead atoms. The first kappa shape index (κ1) is 16.6. The molecule has 2 aliphatic carbocycles. The van der Waals surface area contributed by atoms with Crippen molar-refractivity contribution in [1.82, 2.24) is 0 Å². The van der Waals surface area contributed by atoms with Gasteiger partial charge in [0.1, 0.15) is 0 Å². The molecular formula is C15H23Rh. The first-order valence-electron chi connectivity index (χ1n) is 6.28. The van der Waals surface area contributed by atoms with Gasteiger partial charge in [0.05, 0.1) is 0 Å². The second-order valence-corrected chi connectivity index (χ2v) is 4.05. The van der Waals surface area contributed by atoms with Crippen LogP contribution >= 0.6 is 0 Å².